The van der Waals surface area contributed by atoms with Gasteiger partial charge in [-0.05, 0) is 17.7 Å². The lowest BCUT2D eigenvalue weighted by molar-refractivity contribution is -0.117. The Labute approximate surface area is 168 Å². The van der Waals surface area contributed by atoms with E-state index in [1.165, 1.54) is 11.8 Å². The lowest BCUT2D eigenvalue weighted by Crippen LogP contribution is -2.37. The Morgan fingerprint density at radius 1 is 1.18 bits per heavy atom. The molecule has 0 N–H and O–H groups in total. The monoisotopic (exact) mass is 416 g/mol. The molecule has 146 valence electrons. The van der Waals surface area contributed by atoms with Gasteiger partial charge in [-0.25, -0.2) is 8.42 Å². The van der Waals surface area contributed by atoms with Crippen molar-refractivity contribution in [3.05, 3.63) is 60.2 Å². The summed E-state index contributed by atoms with van der Waals surface area (Å²) in [6, 6.07) is 16.6. The van der Waals surface area contributed by atoms with Crippen molar-refractivity contribution in [3.63, 3.8) is 0 Å². The molecule has 28 heavy (non-hydrogen) atoms. The Morgan fingerprint density at radius 2 is 1.96 bits per heavy atom. The number of ether oxygens (including phenoxy) is 1. The van der Waals surface area contributed by atoms with E-state index < -0.39 is 9.84 Å². The Bertz CT molecular complexity index is 1020. The van der Waals surface area contributed by atoms with Crippen LogP contribution in [-0.2, 0) is 21.1 Å². The minimum Gasteiger partial charge on any atom is -0.497 e. The Morgan fingerprint density at radius 3 is 2.71 bits per heavy atom. The number of sulfone groups is 1. The van der Waals surface area contributed by atoms with Crippen molar-refractivity contribution in [2.24, 2.45) is 4.99 Å². The Balaban J connectivity index is 1.66. The largest absolute Gasteiger partial charge is 0.497 e. The summed E-state index contributed by atoms with van der Waals surface area (Å²) >= 11 is 1.37. The fourth-order valence-corrected chi connectivity index (χ4v) is 7.47. The highest BCUT2D eigenvalue weighted by Crippen LogP contribution is 2.41. The Hall–Kier alpha value is -2.32. The highest BCUT2D eigenvalue weighted by molar-refractivity contribution is 8.16. The van der Waals surface area contributed by atoms with E-state index >= 15 is 0 Å². The minimum atomic E-state index is -3.10. The highest BCUT2D eigenvalue weighted by Gasteiger charge is 2.49. The Kier molecular flexibility index (Phi) is 5.16. The van der Waals surface area contributed by atoms with Crippen LogP contribution in [0.15, 0.2) is 59.6 Å². The van der Waals surface area contributed by atoms with Gasteiger partial charge in [-0.15, -0.1) is 0 Å². The van der Waals surface area contributed by atoms with Crippen LogP contribution < -0.4 is 9.64 Å². The van der Waals surface area contributed by atoms with Gasteiger partial charge in [-0.2, -0.15) is 4.99 Å². The first-order valence-electron chi connectivity index (χ1n) is 8.91. The second kappa shape index (κ2) is 7.60. The van der Waals surface area contributed by atoms with Gasteiger partial charge in [0.1, 0.15) is 5.75 Å². The maximum Gasteiger partial charge on any atom is 0.252 e. The average molecular weight is 417 g/mol. The van der Waals surface area contributed by atoms with Crippen molar-refractivity contribution in [1.82, 2.24) is 0 Å². The van der Waals surface area contributed by atoms with Gasteiger partial charge >= 0.3 is 0 Å². The van der Waals surface area contributed by atoms with Gasteiger partial charge in [0, 0.05) is 17.0 Å². The average Bonchev–Trinajstić information content (AvgIpc) is 3.13. The van der Waals surface area contributed by atoms with Crippen LogP contribution in [0.2, 0.25) is 0 Å². The zero-order chi connectivity index (χ0) is 19.7. The molecule has 2 aliphatic rings. The maximum absolute atomic E-state index is 12.5. The molecule has 0 unspecified atom stereocenters. The van der Waals surface area contributed by atoms with Gasteiger partial charge in [0.25, 0.3) is 5.91 Å². The van der Waals surface area contributed by atoms with Gasteiger partial charge in [0.05, 0.1) is 31.1 Å². The quantitative estimate of drug-likeness (QED) is 0.762. The number of amidine groups is 1. The molecule has 1 amide bonds. The molecule has 6 nitrogen and oxygen atoms in total. The molecular formula is C20H20N2O4S2. The zero-order valence-corrected chi connectivity index (χ0v) is 16.9. The smallest absolute Gasteiger partial charge is 0.252 e. The predicted molar refractivity (Wildman–Crippen MR) is 112 cm³/mol. The van der Waals surface area contributed by atoms with E-state index in [9.17, 15) is 13.2 Å². The summed E-state index contributed by atoms with van der Waals surface area (Å²) in [5.74, 6) is 0.592. The van der Waals surface area contributed by atoms with Crippen LogP contribution >= 0.6 is 11.8 Å². The van der Waals surface area contributed by atoms with E-state index in [1.54, 1.807) is 7.11 Å². The van der Waals surface area contributed by atoms with Crippen LogP contribution in [0, 0.1) is 0 Å². The molecule has 2 atom stereocenters. The molecule has 0 spiro atoms. The molecule has 0 bridgehead atoms. The highest BCUT2D eigenvalue weighted by atomic mass is 32.2. The molecule has 2 aliphatic heterocycles. The second-order valence-corrected chi connectivity index (χ2v) is 10.2. The van der Waals surface area contributed by atoms with Crippen molar-refractivity contribution in [2.45, 2.75) is 17.7 Å². The number of anilines is 1. The summed E-state index contributed by atoms with van der Waals surface area (Å²) in [5, 5.41) is 0.429. The number of thioether (sulfide) groups is 1. The van der Waals surface area contributed by atoms with Gasteiger partial charge < -0.3 is 9.64 Å². The van der Waals surface area contributed by atoms with Gasteiger partial charge in [-0.1, -0.05) is 48.2 Å². The lowest BCUT2D eigenvalue weighted by atomic mass is 10.1. The third-order valence-corrected chi connectivity index (χ3v) is 8.03. The molecule has 0 aromatic heterocycles. The fourth-order valence-electron chi connectivity index (χ4n) is 3.54. The first-order valence-corrected chi connectivity index (χ1v) is 11.6. The molecule has 4 rings (SSSR count). The first-order chi connectivity index (χ1) is 13.4. The number of rotatable bonds is 4. The number of benzene rings is 2. The summed E-state index contributed by atoms with van der Waals surface area (Å²) in [4.78, 5) is 18.8. The number of fused-ring (bicyclic) bond motifs is 1. The van der Waals surface area contributed by atoms with Crippen molar-refractivity contribution >= 4 is 38.4 Å². The topological polar surface area (TPSA) is 76.0 Å². The van der Waals surface area contributed by atoms with E-state index in [0.717, 1.165) is 11.3 Å². The van der Waals surface area contributed by atoms with E-state index in [0.29, 0.717) is 10.9 Å². The fraction of sp³-hybridized carbons (Fsp3) is 0.300. The molecule has 8 heteroatoms. The molecule has 0 aliphatic carbocycles. The summed E-state index contributed by atoms with van der Waals surface area (Å²) in [6.07, 6.45) is 0.213. The molecule has 2 aromatic carbocycles. The van der Waals surface area contributed by atoms with E-state index in [1.807, 2.05) is 59.5 Å². The van der Waals surface area contributed by atoms with Crippen LogP contribution in [-0.4, -0.2) is 49.4 Å². The normalized spacial score (nSPS) is 24.3. The van der Waals surface area contributed by atoms with Crippen molar-refractivity contribution < 1.29 is 17.9 Å². The van der Waals surface area contributed by atoms with Crippen molar-refractivity contribution in [2.75, 3.05) is 23.5 Å². The summed E-state index contributed by atoms with van der Waals surface area (Å²) in [6.45, 7) is 0. The van der Waals surface area contributed by atoms with Gasteiger partial charge in [0.2, 0.25) is 0 Å². The minimum absolute atomic E-state index is 0.0633. The molecule has 0 saturated carbocycles. The van der Waals surface area contributed by atoms with Gasteiger partial charge in [0.15, 0.2) is 15.0 Å². The van der Waals surface area contributed by atoms with Gasteiger partial charge in [-0.3, -0.25) is 4.79 Å². The summed E-state index contributed by atoms with van der Waals surface area (Å²) in [5.41, 5.74) is 1.68. The maximum atomic E-state index is 12.5. The lowest BCUT2D eigenvalue weighted by Gasteiger charge is -2.24. The van der Waals surface area contributed by atoms with Crippen molar-refractivity contribution in [1.29, 1.82) is 0 Å². The third-order valence-electron chi connectivity index (χ3n) is 4.82. The summed E-state index contributed by atoms with van der Waals surface area (Å²) < 4.78 is 29.6. The zero-order valence-electron chi connectivity index (χ0n) is 15.3. The number of carbonyl (C=O) groups excluding carboxylic acids is 1. The number of carbonyl (C=O) groups is 1. The number of nitrogens with zero attached hydrogens (tertiary/aromatic N) is 2. The van der Waals surface area contributed by atoms with Crippen LogP contribution in [0.4, 0.5) is 5.69 Å². The summed E-state index contributed by atoms with van der Waals surface area (Å²) in [7, 11) is -1.51. The molecule has 2 aromatic rings. The van der Waals surface area contributed by atoms with Crippen LogP contribution in [0.1, 0.15) is 5.56 Å². The van der Waals surface area contributed by atoms with E-state index in [4.69, 9.17) is 4.74 Å². The second-order valence-electron chi connectivity index (χ2n) is 6.82. The van der Waals surface area contributed by atoms with Crippen LogP contribution in [0.5, 0.6) is 5.75 Å². The van der Waals surface area contributed by atoms with E-state index in [2.05, 4.69) is 4.99 Å². The molecule has 2 fully saturated rings. The van der Waals surface area contributed by atoms with Crippen LogP contribution in [0.25, 0.3) is 0 Å². The number of hydrogen-bond donors (Lipinski definition) is 0. The van der Waals surface area contributed by atoms with Crippen LogP contribution in [0.3, 0.4) is 0 Å². The van der Waals surface area contributed by atoms with Crippen molar-refractivity contribution in [3.8, 4) is 5.75 Å². The number of methoxy groups -OCH3 is 1. The number of amides is 1. The molecule has 2 saturated heterocycles. The molecule has 2 heterocycles. The first kappa shape index (κ1) is 19.0. The van der Waals surface area contributed by atoms with E-state index in [-0.39, 0.29) is 35.1 Å². The predicted octanol–water partition coefficient (Wildman–Crippen LogP) is 2.54. The standard InChI is InChI=1S/C20H20N2O4S2/c1-26-16-9-5-8-15(11-16)22-17-12-28(24,25)13-18(17)27-20(22)21-19(23)10-14-6-3-2-4-7-14/h2-9,11,17-18H,10,12-13H2,1H3/t17-,18-/m0/s1. The molecular weight excluding hydrogens is 396 g/mol. The SMILES string of the molecule is COc1cccc(N2C(=NC(=O)Cc3ccccc3)S[C@H]3CS(=O)(=O)C[C@@H]32)c1. The molecule has 0 radical (unpaired) electrons. The number of hydrogen-bond acceptors (Lipinski definition) is 5. The number of aliphatic imine (C=N–C) groups is 1. The third kappa shape index (κ3) is 3.93.